The molecule has 2 saturated heterocycles. The molecule has 2 aliphatic heterocycles. The molecule has 36 heavy (non-hydrogen) atoms. The highest BCUT2D eigenvalue weighted by atomic mass is 19.1. The summed E-state index contributed by atoms with van der Waals surface area (Å²) in [6.07, 6.45) is 0. The zero-order valence-corrected chi connectivity index (χ0v) is 21.9. The number of carboxylic acid groups (broad SMARTS) is 1. The fraction of sp³-hybridized carbons (Fsp3) is 0.462. The Hall–Kier alpha value is -2.52. The predicted octanol–water partition coefficient (Wildman–Crippen LogP) is 3.35. The van der Waals surface area contributed by atoms with Crippen LogP contribution in [0.2, 0.25) is 0 Å². The van der Waals surface area contributed by atoms with E-state index >= 15 is 0 Å². The van der Waals surface area contributed by atoms with E-state index in [1.54, 1.807) is 0 Å². The van der Waals surface area contributed by atoms with Gasteiger partial charge in [-0.25, -0.2) is 9.18 Å². The second kappa shape index (κ2) is 8.52. The molecule has 2 aromatic rings. The Balaban J connectivity index is 1.72. The zero-order chi connectivity index (χ0) is 26.8. The Bertz CT molecular complexity index is 1210. The first-order valence-corrected chi connectivity index (χ1v) is 11.9. The highest BCUT2D eigenvalue weighted by Gasteiger charge is 2.53. The van der Waals surface area contributed by atoms with Gasteiger partial charge < -0.3 is 23.7 Å². The van der Waals surface area contributed by atoms with Gasteiger partial charge in [0.1, 0.15) is 5.82 Å². The van der Waals surface area contributed by atoms with Gasteiger partial charge >= 0.3 is 20.2 Å². The van der Waals surface area contributed by atoms with Crippen LogP contribution in [0.5, 0.6) is 0 Å². The molecule has 2 aromatic carbocycles. The van der Waals surface area contributed by atoms with Crippen molar-refractivity contribution in [2.45, 2.75) is 77.8 Å². The standard InChI is InChI=1S/C26H31B2FO7/c1-23(2)24(3,4)34-27(33-23)18-10-15(9-17(12-18)22(31)32)21(30)16-11-19(14-20(29)13-16)28-35-25(5,6)26(7,8)36-28/h9-14H,1-8H3,(H,31,32). The molecule has 190 valence electrons. The molecule has 2 fully saturated rings. The van der Waals surface area contributed by atoms with Crippen molar-refractivity contribution < 1.29 is 37.7 Å². The minimum absolute atomic E-state index is 0.0436. The number of benzene rings is 2. The number of hydrogen-bond donors (Lipinski definition) is 1. The molecule has 0 amide bonds. The number of halogens is 1. The van der Waals surface area contributed by atoms with Crippen LogP contribution >= 0.6 is 0 Å². The number of aromatic carboxylic acids is 1. The molecule has 1 N–H and O–H groups in total. The van der Waals surface area contributed by atoms with Gasteiger partial charge in [0.25, 0.3) is 0 Å². The van der Waals surface area contributed by atoms with E-state index in [4.69, 9.17) is 18.6 Å². The number of rotatable bonds is 5. The van der Waals surface area contributed by atoms with Crippen LogP contribution in [0.1, 0.15) is 81.7 Å². The third-order valence-corrected chi connectivity index (χ3v) is 7.70. The SMILES string of the molecule is CC1(C)OB(c2cc(F)cc(C(=O)c3cc(B4OC(C)(C)C(C)(C)O4)cc(C(=O)O)c3)c2)OC1(C)C. The van der Waals surface area contributed by atoms with Gasteiger partial charge in [-0.15, -0.1) is 0 Å². The summed E-state index contributed by atoms with van der Waals surface area (Å²) in [6.45, 7) is 15.0. The lowest BCUT2D eigenvalue weighted by atomic mass is 9.76. The van der Waals surface area contributed by atoms with Crippen LogP contribution in [0, 0.1) is 5.82 Å². The molecule has 0 aromatic heterocycles. The topological polar surface area (TPSA) is 91.3 Å². The summed E-state index contributed by atoms with van der Waals surface area (Å²) in [4.78, 5) is 25.3. The molecular weight excluding hydrogens is 465 g/mol. The van der Waals surface area contributed by atoms with Crippen LogP contribution < -0.4 is 10.9 Å². The van der Waals surface area contributed by atoms with E-state index in [0.29, 0.717) is 10.9 Å². The molecule has 0 aliphatic carbocycles. The fourth-order valence-corrected chi connectivity index (χ4v) is 4.05. The van der Waals surface area contributed by atoms with Crippen molar-refractivity contribution in [2.75, 3.05) is 0 Å². The molecule has 4 rings (SSSR count). The normalized spacial score (nSPS) is 21.6. The van der Waals surface area contributed by atoms with Gasteiger partial charge in [-0.3, -0.25) is 4.79 Å². The smallest absolute Gasteiger partial charge is 0.478 e. The number of carboxylic acids is 1. The summed E-state index contributed by atoms with van der Waals surface area (Å²) in [7, 11) is -1.73. The van der Waals surface area contributed by atoms with Crippen LogP contribution in [0.3, 0.4) is 0 Å². The van der Waals surface area contributed by atoms with Gasteiger partial charge in [-0.1, -0.05) is 12.1 Å². The first kappa shape index (κ1) is 26.5. The average Bonchev–Trinajstić information content (AvgIpc) is 3.12. The third-order valence-electron chi connectivity index (χ3n) is 7.70. The lowest BCUT2D eigenvalue weighted by molar-refractivity contribution is 0.00578. The Kier molecular flexibility index (Phi) is 6.28. The molecule has 0 bridgehead atoms. The van der Waals surface area contributed by atoms with Gasteiger partial charge in [-0.05, 0) is 90.6 Å². The average molecular weight is 496 g/mol. The van der Waals surface area contributed by atoms with Crippen LogP contribution in [-0.2, 0) is 18.6 Å². The second-order valence-corrected chi connectivity index (χ2v) is 11.4. The maximum atomic E-state index is 14.6. The van der Waals surface area contributed by atoms with Gasteiger partial charge in [0.05, 0.1) is 28.0 Å². The van der Waals surface area contributed by atoms with Crippen LogP contribution in [0.15, 0.2) is 36.4 Å². The first-order chi connectivity index (χ1) is 16.4. The van der Waals surface area contributed by atoms with E-state index in [2.05, 4.69) is 0 Å². The monoisotopic (exact) mass is 496 g/mol. The molecule has 0 saturated carbocycles. The van der Waals surface area contributed by atoms with Crippen LogP contribution in [0.25, 0.3) is 0 Å². The van der Waals surface area contributed by atoms with Gasteiger partial charge in [0, 0.05) is 11.1 Å². The summed E-state index contributed by atoms with van der Waals surface area (Å²) < 4.78 is 38.8. The van der Waals surface area contributed by atoms with Crippen molar-refractivity contribution in [1.82, 2.24) is 0 Å². The summed E-state index contributed by atoms with van der Waals surface area (Å²) in [6, 6.07) is 8.09. The Morgan fingerprint density at radius 1 is 0.639 bits per heavy atom. The van der Waals surface area contributed by atoms with E-state index < -0.39 is 54.2 Å². The number of carbonyl (C=O) groups is 2. The summed E-state index contributed by atoms with van der Waals surface area (Å²) in [5.74, 6) is -2.39. The summed E-state index contributed by atoms with van der Waals surface area (Å²) in [5.41, 5.74) is -1.82. The van der Waals surface area contributed by atoms with E-state index in [-0.39, 0.29) is 16.7 Å². The van der Waals surface area contributed by atoms with E-state index in [9.17, 15) is 19.1 Å². The fourth-order valence-electron chi connectivity index (χ4n) is 4.05. The molecule has 7 nitrogen and oxygen atoms in total. The van der Waals surface area contributed by atoms with E-state index in [1.807, 2.05) is 55.4 Å². The number of ketones is 1. The minimum atomic E-state index is -1.21. The lowest BCUT2D eigenvalue weighted by Crippen LogP contribution is -2.41. The summed E-state index contributed by atoms with van der Waals surface area (Å²) >= 11 is 0. The van der Waals surface area contributed by atoms with Crippen molar-refractivity contribution in [3.05, 3.63) is 58.9 Å². The molecule has 0 atom stereocenters. The number of hydrogen-bond acceptors (Lipinski definition) is 6. The Labute approximate surface area is 211 Å². The molecule has 0 radical (unpaired) electrons. The zero-order valence-electron chi connectivity index (χ0n) is 21.9. The van der Waals surface area contributed by atoms with Gasteiger partial charge in [-0.2, -0.15) is 0 Å². The van der Waals surface area contributed by atoms with Crippen molar-refractivity contribution in [1.29, 1.82) is 0 Å². The highest BCUT2D eigenvalue weighted by molar-refractivity contribution is 6.63. The largest absolute Gasteiger partial charge is 0.494 e. The lowest BCUT2D eigenvalue weighted by Gasteiger charge is -2.32. The number of carbonyl (C=O) groups excluding carboxylic acids is 1. The van der Waals surface area contributed by atoms with Gasteiger partial charge in [0.15, 0.2) is 5.78 Å². The third kappa shape index (κ3) is 4.63. The van der Waals surface area contributed by atoms with Crippen LogP contribution in [0.4, 0.5) is 4.39 Å². The van der Waals surface area contributed by atoms with Crippen molar-refractivity contribution >= 4 is 36.9 Å². The predicted molar refractivity (Wildman–Crippen MR) is 135 cm³/mol. The molecule has 0 unspecified atom stereocenters. The van der Waals surface area contributed by atoms with Crippen molar-refractivity contribution in [3.8, 4) is 0 Å². The molecule has 2 heterocycles. The molecular formula is C26H31B2FO7. The maximum Gasteiger partial charge on any atom is 0.494 e. The minimum Gasteiger partial charge on any atom is -0.478 e. The summed E-state index contributed by atoms with van der Waals surface area (Å²) in [5, 5.41) is 9.68. The van der Waals surface area contributed by atoms with Crippen LogP contribution in [-0.4, -0.2) is 53.5 Å². The molecule has 0 spiro atoms. The Morgan fingerprint density at radius 2 is 1.00 bits per heavy atom. The van der Waals surface area contributed by atoms with Crippen molar-refractivity contribution in [3.63, 3.8) is 0 Å². The van der Waals surface area contributed by atoms with Gasteiger partial charge in [0.2, 0.25) is 0 Å². The van der Waals surface area contributed by atoms with E-state index in [1.165, 1.54) is 30.3 Å². The quantitative estimate of drug-likeness (QED) is 0.502. The Morgan fingerprint density at radius 3 is 1.42 bits per heavy atom. The second-order valence-electron chi connectivity index (χ2n) is 11.4. The highest BCUT2D eigenvalue weighted by Crippen LogP contribution is 2.37. The van der Waals surface area contributed by atoms with E-state index in [0.717, 1.165) is 6.07 Å². The first-order valence-electron chi connectivity index (χ1n) is 11.9. The molecule has 10 heteroatoms. The maximum absolute atomic E-state index is 14.6. The van der Waals surface area contributed by atoms with Crippen molar-refractivity contribution in [2.24, 2.45) is 0 Å². The molecule has 2 aliphatic rings.